The van der Waals surface area contributed by atoms with Gasteiger partial charge in [-0.15, -0.1) is 0 Å². The number of rotatable bonds is 5. The van der Waals surface area contributed by atoms with Crippen LogP contribution in [0, 0.1) is 5.92 Å². The lowest BCUT2D eigenvalue weighted by Crippen LogP contribution is -2.59. The maximum absolute atomic E-state index is 12.2. The smallest absolute Gasteiger partial charge is 0.246 e. The van der Waals surface area contributed by atoms with Gasteiger partial charge in [-0.1, -0.05) is 18.2 Å². The number of hydrogen-bond donors (Lipinski definition) is 5. The van der Waals surface area contributed by atoms with Crippen LogP contribution in [-0.2, 0) is 9.59 Å². The van der Waals surface area contributed by atoms with E-state index in [1.54, 1.807) is 24.4 Å². The molecule has 9 nitrogen and oxygen atoms in total. The molecule has 5 unspecified atom stereocenters. The molecule has 0 spiro atoms. The van der Waals surface area contributed by atoms with E-state index in [0.717, 1.165) is 0 Å². The topological polar surface area (TPSA) is 135 Å². The van der Waals surface area contributed by atoms with Crippen LogP contribution < -0.4 is 10.7 Å². The summed E-state index contributed by atoms with van der Waals surface area (Å²) in [6, 6.07) is 3.38. The number of hydrazine groups is 1. The zero-order chi connectivity index (χ0) is 17.3. The summed E-state index contributed by atoms with van der Waals surface area (Å²) in [5.41, 5.74) is 2.92. The van der Waals surface area contributed by atoms with Gasteiger partial charge in [-0.05, 0) is 12.1 Å². The summed E-state index contributed by atoms with van der Waals surface area (Å²) in [6.07, 6.45) is 1.84. The van der Waals surface area contributed by atoms with Crippen molar-refractivity contribution in [3.8, 4) is 0 Å². The number of fused-ring (bicyclic) bond motifs is 1. The van der Waals surface area contributed by atoms with Crippen molar-refractivity contribution in [2.24, 2.45) is 5.92 Å². The molecule has 3 heterocycles. The number of carbonyl (C=O) groups excluding carboxylic acids is 2. The first-order valence-electron chi connectivity index (χ1n) is 7.49. The largest absolute Gasteiger partial charge is 0.394 e. The van der Waals surface area contributed by atoms with E-state index < -0.39 is 48.6 Å². The number of aromatic nitrogens is 1. The van der Waals surface area contributed by atoms with Crippen LogP contribution in [0.1, 0.15) is 0 Å². The van der Waals surface area contributed by atoms with Gasteiger partial charge in [0.25, 0.3) is 0 Å². The van der Waals surface area contributed by atoms with Crippen molar-refractivity contribution in [2.75, 3.05) is 12.0 Å². The molecule has 0 saturated carbocycles. The molecule has 5 N–H and O–H groups in total. The Kier molecular flexibility index (Phi) is 4.58. The molecule has 0 aromatic carbocycles. The summed E-state index contributed by atoms with van der Waals surface area (Å²) in [5.74, 6) is -1.23. The van der Waals surface area contributed by atoms with E-state index in [0.29, 0.717) is 5.82 Å². The molecule has 1 aromatic heterocycles. The predicted molar refractivity (Wildman–Crippen MR) is 82.2 cm³/mol. The highest BCUT2D eigenvalue weighted by molar-refractivity contribution is 6.08. The molecular formula is C15H18N4O5. The number of pyridine rings is 1. The van der Waals surface area contributed by atoms with Gasteiger partial charge in [0.15, 0.2) is 0 Å². The molecule has 2 amide bonds. The molecule has 0 radical (unpaired) electrons. The van der Waals surface area contributed by atoms with Crippen LogP contribution >= 0.6 is 0 Å². The van der Waals surface area contributed by atoms with Crippen molar-refractivity contribution >= 4 is 17.6 Å². The van der Waals surface area contributed by atoms with Crippen molar-refractivity contribution < 1.29 is 24.9 Å². The number of amides is 2. The van der Waals surface area contributed by atoms with Crippen LogP contribution in [0.3, 0.4) is 0 Å². The molecule has 1 aromatic rings. The molecule has 5 atom stereocenters. The molecule has 1 fully saturated rings. The molecule has 0 aliphatic carbocycles. The second-order valence-corrected chi connectivity index (χ2v) is 5.67. The molecular weight excluding hydrogens is 316 g/mol. The number of imide groups is 1. The second kappa shape index (κ2) is 6.65. The fraction of sp³-hybridized carbons (Fsp3) is 0.400. The van der Waals surface area contributed by atoms with Gasteiger partial charge in [-0.2, -0.15) is 5.01 Å². The van der Waals surface area contributed by atoms with E-state index in [2.05, 4.69) is 15.7 Å². The summed E-state index contributed by atoms with van der Waals surface area (Å²) in [5, 5.41) is 32.7. The van der Waals surface area contributed by atoms with E-state index in [1.807, 2.05) is 0 Å². The first-order valence-corrected chi connectivity index (χ1v) is 7.49. The highest BCUT2D eigenvalue weighted by Crippen LogP contribution is 2.29. The van der Waals surface area contributed by atoms with E-state index in [9.17, 15) is 19.8 Å². The fourth-order valence-corrected chi connectivity index (χ4v) is 2.91. The Morgan fingerprint density at radius 1 is 1.25 bits per heavy atom. The minimum atomic E-state index is -1.40. The van der Waals surface area contributed by atoms with E-state index in [1.165, 1.54) is 17.2 Å². The molecule has 2 aliphatic heterocycles. The lowest BCUT2D eigenvalue weighted by Gasteiger charge is -2.41. The Morgan fingerprint density at radius 2 is 2.04 bits per heavy atom. The standard InChI is InChI=1S/C15H18N4O5/c20-7-10(21)13(22)9-5-4-8-12(15(24)17-14(8)23)19(9)18-11-3-1-2-6-16-11/h1-6,8-10,12-13,20-22H,7H2,(H,16,18)(H,17,23,24). The van der Waals surface area contributed by atoms with Gasteiger partial charge in [-0.25, -0.2) is 4.98 Å². The van der Waals surface area contributed by atoms with Crippen LogP contribution in [0.2, 0.25) is 0 Å². The average molecular weight is 334 g/mol. The van der Waals surface area contributed by atoms with Gasteiger partial charge in [0.1, 0.15) is 24.1 Å². The normalized spacial score (nSPS) is 29.0. The quantitative estimate of drug-likeness (QED) is 0.308. The van der Waals surface area contributed by atoms with E-state index in [4.69, 9.17) is 5.11 Å². The fourth-order valence-electron chi connectivity index (χ4n) is 2.91. The third-order valence-corrected chi connectivity index (χ3v) is 4.13. The summed E-state index contributed by atoms with van der Waals surface area (Å²) in [4.78, 5) is 28.1. The number of anilines is 1. The number of nitrogens with one attached hydrogen (secondary N) is 2. The van der Waals surface area contributed by atoms with Crippen LogP contribution in [0.25, 0.3) is 0 Å². The first-order chi connectivity index (χ1) is 11.5. The summed E-state index contributed by atoms with van der Waals surface area (Å²) in [7, 11) is 0. The highest BCUT2D eigenvalue weighted by atomic mass is 16.4. The minimum absolute atomic E-state index is 0.411. The second-order valence-electron chi connectivity index (χ2n) is 5.67. The Bertz CT molecular complexity index is 653. The van der Waals surface area contributed by atoms with Crippen molar-refractivity contribution in [3.63, 3.8) is 0 Å². The van der Waals surface area contributed by atoms with Gasteiger partial charge in [0.2, 0.25) is 11.8 Å². The molecule has 24 heavy (non-hydrogen) atoms. The van der Waals surface area contributed by atoms with Crippen LogP contribution in [0.4, 0.5) is 5.82 Å². The average Bonchev–Trinajstić information content (AvgIpc) is 2.89. The Hall–Kier alpha value is -2.33. The maximum Gasteiger partial charge on any atom is 0.246 e. The van der Waals surface area contributed by atoms with Gasteiger partial charge in [-0.3, -0.25) is 14.9 Å². The lowest BCUT2D eigenvalue weighted by atomic mass is 9.91. The van der Waals surface area contributed by atoms with Gasteiger partial charge >= 0.3 is 0 Å². The van der Waals surface area contributed by atoms with Crippen LogP contribution in [0.5, 0.6) is 0 Å². The first kappa shape index (κ1) is 16.5. The third kappa shape index (κ3) is 2.89. The van der Waals surface area contributed by atoms with Crippen molar-refractivity contribution in [2.45, 2.75) is 24.3 Å². The molecule has 128 valence electrons. The summed E-state index contributed by atoms with van der Waals surface area (Å²) < 4.78 is 0. The predicted octanol–water partition coefficient (Wildman–Crippen LogP) is -2.00. The van der Waals surface area contributed by atoms with Gasteiger partial charge in [0, 0.05) is 6.20 Å². The Labute approximate surface area is 137 Å². The zero-order valence-electron chi connectivity index (χ0n) is 12.6. The number of nitrogens with zero attached hydrogens (tertiary/aromatic N) is 2. The van der Waals surface area contributed by atoms with E-state index >= 15 is 0 Å². The SMILES string of the molecule is O=C1NC(=O)C2C1C=CC(C(O)C(O)CO)N2Nc1ccccn1. The summed E-state index contributed by atoms with van der Waals surface area (Å²) >= 11 is 0. The van der Waals surface area contributed by atoms with Crippen molar-refractivity contribution in [3.05, 3.63) is 36.5 Å². The Morgan fingerprint density at radius 3 is 2.71 bits per heavy atom. The molecule has 9 heteroatoms. The number of hydrogen-bond acceptors (Lipinski definition) is 8. The molecule has 0 bridgehead atoms. The monoisotopic (exact) mass is 334 g/mol. The van der Waals surface area contributed by atoms with E-state index in [-0.39, 0.29) is 0 Å². The molecule has 3 rings (SSSR count). The maximum atomic E-state index is 12.2. The molecule has 1 saturated heterocycles. The number of aliphatic hydroxyl groups excluding tert-OH is 3. The zero-order valence-corrected chi connectivity index (χ0v) is 12.6. The summed E-state index contributed by atoms with van der Waals surface area (Å²) in [6.45, 7) is -0.637. The number of aliphatic hydroxyl groups is 3. The lowest BCUT2D eigenvalue weighted by molar-refractivity contribution is -0.127. The van der Waals surface area contributed by atoms with Crippen LogP contribution in [0.15, 0.2) is 36.5 Å². The van der Waals surface area contributed by atoms with Gasteiger partial charge in [0.05, 0.1) is 18.6 Å². The van der Waals surface area contributed by atoms with Crippen LogP contribution in [-0.4, -0.2) is 68.0 Å². The Balaban J connectivity index is 1.94. The minimum Gasteiger partial charge on any atom is -0.394 e. The van der Waals surface area contributed by atoms with Gasteiger partial charge < -0.3 is 20.7 Å². The number of carbonyl (C=O) groups is 2. The molecule has 2 aliphatic rings. The third-order valence-electron chi connectivity index (χ3n) is 4.13. The van der Waals surface area contributed by atoms with Crippen molar-refractivity contribution in [1.82, 2.24) is 15.3 Å². The van der Waals surface area contributed by atoms with Crippen molar-refractivity contribution in [1.29, 1.82) is 0 Å². The highest BCUT2D eigenvalue weighted by Gasteiger charge is 2.50.